The summed E-state index contributed by atoms with van der Waals surface area (Å²) in [6.07, 6.45) is -1.92. The molecule has 0 spiro atoms. The van der Waals surface area contributed by atoms with Crippen LogP contribution < -0.4 is 0 Å². The van der Waals surface area contributed by atoms with E-state index in [1.54, 1.807) is 0 Å². The summed E-state index contributed by atoms with van der Waals surface area (Å²) in [7, 11) is 0. The van der Waals surface area contributed by atoms with E-state index in [0.717, 1.165) is 16.7 Å². The summed E-state index contributed by atoms with van der Waals surface area (Å²) in [6.45, 7) is 1.59. The van der Waals surface area contributed by atoms with Crippen molar-refractivity contribution in [2.75, 3.05) is 13.2 Å². The highest BCUT2D eigenvalue weighted by Gasteiger charge is 2.61. The number of ether oxygens (including phenoxy) is 5. The van der Waals surface area contributed by atoms with Crippen LogP contribution in [0.25, 0.3) is 10.4 Å². The van der Waals surface area contributed by atoms with E-state index in [0.29, 0.717) is 19.8 Å². The Kier molecular flexibility index (Phi) is 7.93. The summed E-state index contributed by atoms with van der Waals surface area (Å²) >= 11 is 0. The Hall–Kier alpha value is -3.23. The van der Waals surface area contributed by atoms with Gasteiger partial charge in [-0.05, 0) is 22.2 Å². The highest BCUT2D eigenvalue weighted by Crippen LogP contribution is 2.42. The Bertz CT molecular complexity index is 1140. The van der Waals surface area contributed by atoms with Crippen LogP contribution in [-0.4, -0.2) is 43.4 Å². The number of nitrogens with zero attached hydrogens (tertiary/aromatic N) is 3. The zero-order valence-electron chi connectivity index (χ0n) is 19.9. The molecule has 8 heteroatoms. The zero-order chi connectivity index (χ0) is 24.6. The van der Waals surface area contributed by atoms with Gasteiger partial charge in [-0.3, -0.25) is 0 Å². The van der Waals surface area contributed by atoms with Crippen molar-refractivity contribution in [2.45, 2.75) is 50.0 Å². The van der Waals surface area contributed by atoms with Gasteiger partial charge in [0.05, 0.1) is 33.0 Å². The van der Waals surface area contributed by atoms with Crippen molar-refractivity contribution in [1.29, 1.82) is 0 Å². The molecule has 186 valence electrons. The van der Waals surface area contributed by atoms with Gasteiger partial charge >= 0.3 is 0 Å². The standard InChI is InChI=1S/C28H29N3O5/c29-31-30-24-25(33-17-22-12-6-2-7-13-22)26(34-18-23-14-8-3-9-15-23)28(20-35-27(24)36-28)19-32-16-21-10-4-1-5-11-21/h1-15,24-27H,16-20H2/t24-,25-,26-,27+,28+/m1/s1. The Morgan fingerprint density at radius 3 is 1.94 bits per heavy atom. The molecule has 0 unspecified atom stereocenters. The van der Waals surface area contributed by atoms with Crippen LogP contribution >= 0.6 is 0 Å². The molecule has 0 aromatic heterocycles. The Balaban J connectivity index is 1.40. The van der Waals surface area contributed by atoms with Gasteiger partial charge in [0.1, 0.15) is 23.9 Å². The van der Waals surface area contributed by atoms with Gasteiger partial charge in [0.15, 0.2) is 6.29 Å². The number of benzene rings is 3. The Labute approximate surface area is 210 Å². The van der Waals surface area contributed by atoms with E-state index in [1.165, 1.54) is 0 Å². The number of hydrogen-bond donors (Lipinski definition) is 0. The molecule has 36 heavy (non-hydrogen) atoms. The topological polar surface area (TPSA) is 94.9 Å². The minimum atomic E-state index is -0.906. The fourth-order valence-corrected chi connectivity index (χ4v) is 4.69. The molecule has 2 aliphatic heterocycles. The maximum absolute atomic E-state index is 9.30. The fourth-order valence-electron chi connectivity index (χ4n) is 4.69. The highest BCUT2D eigenvalue weighted by molar-refractivity contribution is 5.17. The average Bonchev–Trinajstić information content (AvgIpc) is 3.31. The molecule has 5 rings (SSSR count). The maximum Gasteiger partial charge on any atom is 0.169 e. The molecule has 0 saturated carbocycles. The largest absolute Gasteiger partial charge is 0.374 e. The van der Waals surface area contributed by atoms with Crippen LogP contribution in [-0.2, 0) is 43.5 Å². The van der Waals surface area contributed by atoms with Crippen LogP contribution in [0.5, 0.6) is 0 Å². The third-order valence-corrected chi connectivity index (χ3v) is 6.48. The molecule has 2 saturated heterocycles. The molecule has 0 radical (unpaired) electrons. The van der Waals surface area contributed by atoms with Gasteiger partial charge in [0, 0.05) is 4.91 Å². The number of rotatable bonds is 11. The molecular weight excluding hydrogens is 458 g/mol. The second-order valence-corrected chi connectivity index (χ2v) is 9.01. The summed E-state index contributed by atoms with van der Waals surface area (Å²) in [4.78, 5) is 3.06. The summed E-state index contributed by atoms with van der Waals surface area (Å²) in [6, 6.07) is 29.0. The lowest BCUT2D eigenvalue weighted by Crippen LogP contribution is -2.63. The van der Waals surface area contributed by atoms with Gasteiger partial charge < -0.3 is 23.7 Å². The normalized spacial score (nSPS) is 26.9. The predicted molar refractivity (Wildman–Crippen MR) is 133 cm³/mol. The maximum atomic E-state index is 9.30. The van der Waals surface area contributed by atoms with Crippen molar-refractivity contribution in [2.24, 2.45) is 5.11 Å². The summed E-state index contributed by atoms with van der Waals surface area (Å²) in [5, 5.41) is 4.01. The molecule has 3 aromatic carbocycles. The van der Waals surface area contributed by atoms with E-state index in [4.69, 9.17) is 23.7 Å². The van der Waals surface area contributed by atoms with E-state index in [1.807, 2.05) is 91.0 Å². The minimum Gasteiger partial charge on any atom is -0.374 e. The van der Waals surface area contributed by atoms with E-state index < -0.39 is 30.1 Å². The van der Waals surface area contributed by atoms with Gasteiger partial charge in [-0.25, -0.2) is 0 Å². The quantitative estimate of drug-likeness (QED) is 0.211. The molecule has 2 aliphatic rings. The Morgan fingerprint density at radius 1 is 0.806 bits per heavy atom. The van der Waals surface area contributed by atoms with Crippen LogP contribution in [0.15, 0.2) is 96.1 Å². The fraction of sp³-hybridized carbons (Fsp3) is 0.357. The first-order chi connectivity index (χ1) is 17.8. The number of fused-ring (bicyclic) bond motifs is 2. The van der Waals surface area contributed by atoms with Crippen LogP contribution in [0, 0.1) is 0 Å². The van der Waals surface area contributed by atoms with Gasteiger partial charge in [-0.2, -0.15) is 0 Å². The monoisotopic (exact) mass is 487 g/mol. The van der Waals surface area contributed by atoms with E-state index >= 15 is 0 Å². The first-order valence-corrected chi connectivity index (χ1v) is 12.0. The highest BCUT2D eigenvalue weighted by atomic mass is 16.8. The molecule has 5 atom stereocenters. The third-order valence-electron chi connectivity index (χ3n) is 6.48. The third kappa shape index (κ3) is 5.60. The first-order valence-electron chi connectivity index (χ1n) is 12.0. The second kappa shape index (κ2) is 11.7. The molecule has 0 amide bonds. The van der Waals surface area contributed by atoms with Gasteiger partial charge in [0.2, 0.25) is 0 Å². The molecule has 2 fully saturated rings. The van der Waals surface area contributed by atoms with Crippen molar-refractivity contribution in [3.05, 3.63) is 118 Å². The lowest BCUT2D eigenvalue weighted by atomic mass is 9.88. The van der Waals surface area contributed by atoms with Gasteiger partial charge in [0.25, 0.3) is 0 Å². The van der Waals surface area contributed by atoms with E-state index in [2.05, 4.69) is 10.0 Å². The van der Waals surface area contributed by atoms with Crippen molar-refractivity contribution in [1.82, 2.24) is 0 Å². The summed E-state index contributed by atoms with van der Waals surface area (Å²) < 4.78 is 31.4. The SMILES string of the molecule is [N-]=[N+]=N[C@H]1[C@H]2OC[C@](COCc3ccccc3)(O2)[C@H](OCc2ccccc2)[C@@H]1OCc1ccccc1. The smallest absolute Gasteiger partial charge is 0.169 e. The van der Waals surface area contributed by atoms with Crippen molar-refractivity contribution >= 4 is 0 Å². The molecule has 0 aliphatic carbocycles. The van der Waals surface area contributed by atoms with Gasteiger partial charge in [-0.1, -0.05) is 96.1 Å². The summed E-state index contributed by atoms with van der Waals surface area (Å²) in [5.74, 6) is 0. The molecule has 2 bridgehead atoms. The van der Waals surface area contributed by atoms with Crippen molar-refractivity contribution in [3.8, 4) is 0 Å². The van der Waals surface area contributed by atoms with Gasteiger partial charge in [-0.15, -0.1) is 0 Å². The van der Waals surface area contributed by atoms with Crippen LogP contribution in [0.3, 0.4) is 0 Å². The van der Waals surface area contributed by atoms with Crippen LogP contribution in [0.4, 0.5) is 0 Å². The zero-order valence-corrected chi connectivity index (χ0v) is 19.9. The van der Waals surface area contributed by atoms with Crippen molar-refractivity contribution in [3.63, 3.8) is 0 Å². The average molecular weight is 488 g/mol. The van der Waals surface area contributed by atoms with E-state index in [-0.39, 0.29) is 13.2 Å². The first kappa shape index (κ1) is 24.5. The number of hydrogen-bond acceptors (Lipinski definition) is 6. The lowest BCUT2D eigenvalue weighted by Gasteiger charge is -2.45. The predicted octanol–water partition coefficient (Wildman–Crippen LogP) is 5.18. The van der Waals surface area contributed by atoms with E-state index in [9.17, 15) is 5.53 Å². The molecule has 0 N–H and O–H groups in total. The molecule has 2 heterocycles. The molecular formula is C28H29N3O5. The van der Waals surface area contributed by atoms with Crippen LogP contribution in [0.2, 0.25) is 0 Å². The summed E-state index contributed by atoms with van der Waals surface area (Å²) in [5.41, 5.74) is 11.5. The Morgan fingerprint density at radius 2 is 1.36 bits per heavy atom. The second-order valence-electron chi connectivity index (χ2n) is 9.01. The van der Waals surface area contributed by atoms with Crippen LogP contribution in [0.1, 0.15) is 16.7 Å². The molecule has 8 nitrogen and oxygen atoms in total. The number of azide groups is 1. The van der Waals surface area contributed by atoms with Crippen molar-refractivity contribution < 1.29 is 23.7 Å². The molecule has 3 aromatic rings. The minimum absolute atomic E-state index is 0.242. The lowest BCUT2D eigenvalue weighted by molar-refractivity contribution is -0.259.